The van der Waals surface area contributed by atoms with E-state index in [9.17, 15) is 9.59 Å². The van der Waals surface area contributed by atoms with Crippen LogP contribution in [0.15, 0.2) is 48.2 Å². The lowest BCUT2D eigenvalue weighted by molar-refractivity contribution is -0.135. The van der Waals surface area contributed by atoms with Gasteiger partial charge in [-0.1, -0.05) is 12.1 Å². The van der Waals surface area contributed by atoms with Crippen molar-refractivity contribution in [2.75, 3.05) is 33.7 Å². The zero-order chi connectivity index (χ0) is 19.6. The highest BCUT2D eigenvalue weighted by Crippen LogP contribution is 2.34. The Balaban J connectivity index is 2.07. The molecule has 1 aliphatic heterocycles. The Hall–Kier alpha value is -3.48. The zero-order valence-electron chi connectivity index (χ0n) is 15.5. The molecule has 2 aromatic carbocycles. The molecule has 0 spiro atoms. The van der Waals surface area contributed by atoms with Gasteiger partial charge < -0.3 is 19.5 Å². The van der Waals surface area contributed by atoms with Gasteiger partial charge in [-0.15, -0.1) is 0 Å². The third kappa shape index (κ3) is 3.31. The maximum absolute atomic E-state index is 12.7. The molecule has 0 bridgehead atoms. The summed E-state index contributed by atoms with van der Waals surface area (Å²) >= 11 is 0. The minimum absolute atomic E-state index is 0.191. The molecule has 1 aliphatic rings. The predicted molar refractivity (Wildman–Crippen MR) is 101 cm³/mol. The Labute approximate surface area is 157 Å². The Morgan fingerprint density at radius 3 is 2.04 bits per heavy atom. The van der Waals surface area contributed by atoms with Gasteiger partial charge in [0.25, 0.3) is 11.8 Å². The first kappa shape index (κ1) is 18.3. The van der Waals surface area contributed by atoms with Crippen LogP contribution in [-0.4, -0.2) is 45.1 Å². The second-order valence-electron chi connectivity index (χ2n) is 5.84. The van der Waals surface area contributed by atoms with Crippen LogP contribution in [0.1, 0.15) is 5.56 Å². The normalized spacial score (nSPS) is 13.9. The van der Waals surface area contributed by atoms with Crippen molar-refractivity contribution in [3.63, 3.8) is 0 Å². The summed E-state index contributed by atoms with van der Waals surface area (Å²) in [5, 5.41) is 3.06. The van der Waals surface area contributed by atoms with Crippen LogP contribution in [0, 0.1) is 0 Å². The fourth-order valence-corrected chi connectivity index (χ4v) is 2.82. The van der Waals surface area contributed by atoms with Crippen LogP contribution in [-0.2, 0) is 9.59 Å². The van der Waals surface area contributed by atoms with Crippen molar-refractivity contribution in [2.45, 2.75) is 0 Å². The number of nitrogens with zero attached hydrogens (tertiary/aromatic N) is 1. The first-order chi connectivity index (χ1) is 13.0. The summed E-state index contributed by atoms with van der Waals surface area (Å²) in [7, 11) is 6.09. The SMILES string of the molecule is COc1ccc(C2=C(Nc3ccc(OC)cc3OC)C(=O)N(C)C2=O)cc1. The smallest absolute Gasteiger partial charge is 0.277 e. The van der Waals surface area contributed by atoms with Crippen molar-refractivity contribution < 1.29 is 23.8 Å². The molecule has 1 heterocycles. The van der Waals surface area contributed by atoms with Gasteiger partial charge in [0.1, 0.15) is 22.9 Å². The van der Waals surface area contributed by atoms with Crippen molar-refractivity contribution >= 4 is 23.1 Å². The minimum Gasteiger partial charge on any atom is -0.497 e. The first-order valence-corrected chi connectivity index (χ1v) is 8.20. The topological polar surface area (TPSA) is 77.1 Å². The van der Waals surface area contributed by atoms with E-state index in [-0.39, 0.29) is 11.6 Å². The second kappa shape index (κ2) is 7.41. The molecule has 0 unspecified atom stereocenters. The Kier molecular flexibility index (Phi) is 5.03. The van der Waals surface area contributed by atoms with E-state index < -0.39 is 5.91 Å². The van der Waals surface area contributed by atoms with Crippen LogP contribution >= 0.6 is 0 Å². The number of amides is 2. The number of carbonyl (C=O) groups is 2. The lowest BCUT2D eigenvalue weighted by Gasteiger charge is -2.13. The Morgan fingerprint density at radius 1 is 0.815 bits per heavy atom. The van der Waals surface area contributed by atoms with Gasteiger partial charge in [-0.3, -0.25) is 14.5 Å². The first-order valence-electron chi connectivity index (χ1n) is 8.20. The third-order valence-corrected chi connectivity index (χ3v) is 4.33. The van der Waals surface area contributed by atoms with E-state index in [1.165, 1.54) is 14.2 Å². The molecule has 3 rings (SSSR count). The highest BCUT2D eigenvalue weighted by atomic mass is 16.5. The molecule has 7 heteroatoms. The quantitative estimate of drug-likeness (QED) is 0.790. The number of imide groups is 1. The largest absolute Gasteiger partial charge is 0.497 e. The van der Waals surface area contributed by atoms with Gasteiger partial charge in [0.2, 0.25) is 0 Å². The Bertz CT molecular complexity index is 918. The van der Waals surface area contributed by atoms with E-state index in [0.717, 1.165) is 4.90 Å². The molecular weight excluding hydrogens is 348 g/mol. The number of carbonyl (C=O) groups excluding carboxylic acids is 2. The molecule has 1 N–H and O–H groups in total. The summed E-state index contributed by atoms with van der Waals surface area (Å²) in [4.78, 5) is 26.4. The maximum atomic E-state index is 12.7. The van der Waals surface area contributed by atoms with E-state index in [0.29, 0.717) is 34.1 Å². The second-order valence-corrected chi connectivity index (χ2v) is 5.84. The van der Waals surface area contributed by atoms with E-state index in [4.69, 9.17) is 14.2 Å². The van der Waals surface area contributed by atoms with Gasteiger partial charge in [-0.2, -0.15) is 0 Å². The molecule has 0 saturated heterocycles. The van der Waals surface area contributed by atoms with Crippen LogP contribution < -0.4 is 19.5 Å². The summed E-state index contributed by atoms with van der Waals surface area (Å²) < 4.78 is 15.7. The number of rotatable bonds is 6. The number of nitrogens with one attached hydrogen (secondary N) is 1. The number of methoxy groups -OCH3 is 3. The van der Waals surface area contributed by atoms with Crippen LogP contribution in [0.5, 0.6) is 17.2 Å². The highest BCUT2D eigenvalue weighted by Gasteiger charge is 2.37. The van der Waals surface area contributed by atoms with E-state index in [2.05, 4.69) is 5.32 Å². The maximum Gasteiger partial charge on any atom is 0.277 e. The fourth-order valence-electron chi connectivity index (χ4n) is 2.82. The molecule has 0 fully saturated rings. The summed E-state index contributed by atoms with van der Waals surface area (Å²) in [6, 6.07) is 12.1. The number of hydrogen-bond acceptors (Lipinski definition) is 6. The highest BCUT2D eigenvalue weighted by molar-refractivity contribution is 6.36. The van der Waals surface area contributed by atoms with Gasteiger partial charge in [0.05, 0.1) is 32.6 Å². The van der Waals surface area contributed by atoms with Crippen LogP contribution in [0.25, 0.3) is 5.57 Å². The molecule has 7 nitrogen and oxygen atoms in total. The molecule has 0 atom stereocenters. The van der Waals surface area contributed by atoms with Gasteiger partial charge in [-0.25, -0.2) is 0 Å². The Morgan fingerprint density at radius 2 is 1.44 bits per heavy atom. The number of anilines is 1. The van der Waals surface area contributed by atoms with Crippen LogP contribution in [0.4, 0.5) is 5.69 Å². The van der Waals surface area contributed by atoms with Gasteiger partial charge >= 0.3 is 0 Å². The molecule has 0 aliphatic carbocycles. The van der Waals surface area contributed by atoms with Crippen molar-refractivity contribution in [3.8, 4) is 17.2 Å². The van der Waals surface area contributed by atoms with Gasteiger partial charge in [-0.05, 0) is 29.8 Å². The van der Waals surface area contributed by atoms with Crippen molar-refractivity contribution in [2.24, 2.45) is 0 Å². The summed E-state index contributed by atoms with van der Waals surface area (Å²) in [5.74, 6) is 0.984. The zero-order valence-corrected chi connectivity index (χ0v) is 15.5. The lowest BCUT2D eigenvalue weighted by Crippen LogP contribution is -2.27. The number of ether oxygens (including phenoxy) is 3. The van der Waals surface area contributed by atoms with Crippen molar-refractivity contribution in [3.05, 3.63) is 53.7 Å². The molecule has 0 radical (unpaired) electrons. The monoisotopic (exact) mass is 368 g/mol. The molecule has 27 heavy (non-hydrogen) atoms. The van der Waals surface area contributed by atoms with E-state index >= 15 is 0 Å². The third-order valence-electron chi connectivity index (χ3n) is 4.33. The molecule has 0 aromatic heterocycles. The lowest BCUT2D eigenvalue weighted by atomic mass is 10.0. The molecule has 0 saturated carbocycles. The average molecular weight is 368 g/mol. The minimum atomic E-state index is -0.413. The molecular formula is C20H20N2O5. The molecule has 2 aromatic rings. The standard InChI is InChI=1S/C20H20N2O5/c1-22-19(23)17(12-5-7-13(25-2)8-6-12)18(20(22)24)21-15-10-9-14(26-3)11-16(15)27-4/h5-11,21H,1-4H3. The fraction of sp³-hybridized carbons (Fsp3) is 0.200. The summed E-state index contributed by atoms with van der Waals surface area (Å²) in [5.41, 5.74) is 1.66. The predicted octanol–water partition coefficient (Wildman–Crippen LogP) is 2.53. The van der Waals surface area contributed by atoms with Crippen molar-refractivity contribution in [1.82, 2.24) is 4.90 Å². The van der Waals surface area contributed by atoms with Crippen LogP contribution in [0.3, 0.4) is 0 Å². The van der Waals surface area contributed by atoms with Gasteiger partial charge in [0, 0.05) is 13.1 Å². The van der Waals surface area contributed by atoms with E-state index in [1.807, 2.05) is 0 Å². The average Bonchev–Trinajstić information content (AvgIpc) is 2.92. The van der Waals surface area contributed by atoms with E-state index in [1.54, 1.807) is 56.7 Å². The number of benzene rings is 2. The van der Waals surface area contributed by atoms with Gasteiger partial charge in [0.15, 0.2) is 0 Å². The van der Waals surface area contributed by atoms with Crippen molar-refractivity contribution in [1.29, 1.82) is 0 Å². The number of likely N-dealkylation sites (N-methyl/N-ethyl adjacent to an activating group) is 1. The number of hydrogen-bond donors (Lipinski definition) is 1. The molecule has 140 valence electrons. The van der Waals surface area contributed by atoms with Crippen LogP contribution in [0.2, 0.25) is 0 Å². The summed E-state index contributed by atoms with van der Waals surface area (Å²) in [6.45, 7) is 0. The summed E-state index contributed by atoms with van der Waals surface area (Å²) in [6.07, 6.45) is 0. The molecule has 2 amide bonds.